The molecule has 1 aromatic carbocycles. The Morgan fingerprint density at radius 1 is 1.21 bits per heavy atom. The van der Waals surface area contributed by atoms with Gasteiger partial charge in [0.05, 0.1) is 11.7 Å². The normalized spacial score (nSPS) is 21.3. The molecule has 33 heavy (non-hydrogen) atoms. The van der Waals surface area contributed by atoms with Gasteiger partial charge in [-0.2, -0.15) is 17.7 Å². The van der Waals surface area contributed by atoms with Crippen LogP contribution in [0, 0.1) is 11.7 Å². The fourth-order valence-corrected chi connectivity index (χ4v) is 4.66. The number of carbonyl (C=O) groups excluding carboxylic acids is 1. The summed E-state index contributed by atoms with van der Waals surface area (Å²) in [5.41, 5.74) is 2.32. The highest BCUT2D eigenvalue weighted by atomic mass is 32.1. The molecule has 1 aromatic heterocycles. The highest BCUT2D eigenvalue weighted by Crippen LogP contribution is 2.39. The first-order chi connectivity index (χ1) is 15.9. The number of unbranched alkanes of at least 4 members (excludes halogenated alkanes) is 1. The Morgan fingerprint density at radius 2 is 2.00 bits per heavy atom. The number of aryl methyl sites for hydroxylation is 1. The third-order valence-corrected chi connectivity index (χ3v) is 6.93. The predicted octanol–water partition coefficient (Wildman–Crippen LogP) is 4.39. The third-order valence-electron chi connectivity index (χ3n) is 6.34. The first kappa shape index (κ1) is 23.7. The van der Waals surface area contributed by atoms with Gasteiger partial charge < -0.3 is 5.11 Å². The van der Waals surface area contributed by atoms with Gasteiger partial charge in [0, 0.05) is 49.0 Å². The average molecular weight is 472 g/mol. The number of carboxylic acids is 1. The maximum absolute atomic E-state index is 14.7. The number of carboxylic acid groups (broad SMARTS) is 1. The molecule has 1 saturated carbocycles. The lowest BCUT2D eigenvalue weighted by Crippen LogP contribution is -2.42. The van der Waals surface area contributed by atoms with Crippen LogP contribution in [-0.2, 0) is 16.1 Å². The molecule has 0 radical (unpaired) electrons. The second kappa shape index (κ2) is 10.7. The van der Waals surface area contributed by atoms with Crippen LogP contribution >= 0.6 is 12.6 Å². The minimum Gasteiger partial charge on any atom is -0.481 e. The topological polar surface area (TPSA) is 75.4 Å². The van der Waals surface area contributed by atoms with Crippen molar-refractivity contribution in [3.8, 4) is 0 Å². The van der Waals surface area contributed by atoms with Gasteiger partial charge in [-0.05, 0) is 55.9 Å². The number of aromatic nitrogens is 2. The van der Waals surface area contributed by atoms with Crippen molar-refractivity contribution in [2.75, 3.05) is 13.1 Å². The number of ketones is 1. The van der Waals surface area contributed by atoms with E-state index < -0.39 is 12.0 Å². The molecule has 6 nitrogen and oxygen atoms in total. The molecular weight excluding hydrogens is 441 g/mol. The number of piperidine rings is 1. The molecule has 8 heteroatoms. The monoisotopic (exact) mass is 471 g/mol. The highest BCUT2D eigenvalue weighted by Gasteiger charge is 2.40. The molecule has 2 unspecified atom stereocenters. The molecule has 1 aliphatic carbocycles. The molecular formula is C25H30FN3O3S. The van der Waals surface area contributed by atoms with Crippen molar-refractivity contribution in [2.24, 2.45) is 5.92 Å². The number of benzene rings is 1. The van der Waals surface area contributed by atoms with E-state index >= 15 is 0 Å². The Labute approximate surface area is 198 Å². The van der Waals surface area contributed by atoms with Gasteiger partial charge in [-0.3, -0.25) is 19.2 Å². The zero-order valence-corrected chi connectivity index (χ0v) is 19.5. The number of likely N-dealkylation sites (tertiary alicyclic amines) is 1. The first-order valence-corrected chi connectivity index (χ1v) is 12.1. The van der Waals surface area contributed by atoms with E-state index in [1.165, 1.54) is 6.07 Å². The third kappa shape index (κ3) is 6.12. The molecule has 1 saturated heterocycles. The Bertz CT molecular complexity index is 1030. The predicted molar refractivity (Wildman–Crippen MR) is 128 cm³/mol. The quantitative estimate of drug-likeness (QED) is 0.397. The van der Waals surface area contributed by atoms with Crippen molar-refractivity contribution < 1.29 is 19.1 Å². The van der Waals surface area contributed by atoms with E-state index in [1.807, 2.05) is 23.0 Å². The first-order valence-electron chi connectivity index (χ1n) is 11.6. The van der Waals surface area contributed by atoms with Crippen LogP contribution in [0.25, 0.3) is 6.08 Å². The molecule has 0 amide bonds. The van der Waals surface area contributed by atoms with E-state index in [9.17, 15) is 14.0 Å². The minimum absolute atomic E-state index is 0.0348. The largest absolute Gasteiger partial charge is 0.481 e. The summed E-state index contributed by atoms with van der Waals surface area (Å²) in [7, 11) is 0. The number of carbonyl (C=O) groups is 2. The van der Waals surface area contributed by atoms with Gasteiger partial charge in [0.2, 0.25) is 0 Å². The highest BCUT2D eigenvalue weighted by molar-refractivity contribution is 7.81. The Hall–Kier alpha value is -2.45. The smallest absolute Gasteiger partial charge is 0.303 e. The second-order valence-electron chi connectivity index (χ2n) is 8.95. The maximum Gasteiger partial charge on any atom is 0.303 e. The van der Waals surface area contributed by atoms with Gasteiger partial charge in [-0.25, -0.2) is 4.39 Å². The number of aliphatic carboxylic acids is 1. The minimum atomic E-state index is -0.781. The lowest BCUT2D eigenvalue weighted by atomic mass is 9.93. The summed E-state index contributed by atoms with van der Waals surface area (Å²) in [5.74, 6) is -0.969. The molecule has 1 N–H and O–H groups in total. The van der Waals surface area contributed by atoms with Gasteiger partial charge in [-0.1, -0.05) is 18.2 Å². The van der Waals surface area contributed by atoms with Crippen molar-refractivity contribution in [1.82, 2.24) is 14.7 Å². The van der Waals surface area contributed by atoms with Crippen molar-refractivity contribution in [2.45, 2.75) is 56.4 Å². The molecule has 1 aliphatic heterocycles. The SMILES string of the molecule is O=C(O)CCCCn1ccc(/C=C2/CN(C(C(=O)C3CC3)c3ccccc3F)CCC2S)n1. The van der Waals surface area contributed by atoms with Crippen LogP contribution in [0.3, 0.4) is 0 Å². The lowest BCUT2D eigenvalue weighted by Gasteiger charge is -2.37. The van der Waals surface area contributed by atoms with Gasteiger partial charge >= 0.3 is 5.97 Å². The van der Waals surface area contributed by atoms with E-state index in [0.717, 1.165) is 37.0 Å². The van der Waals surface area contributed by atoms with E-state index in [1.54, 1.807) is 18.2 Å². The summed E-state index contributed by atoms with van der Waals surface area (Å²) >= 11 is 4.76. The Morgan fingerprint density at radius 3 is 2.73 bits per heavy atom. The molecule has 2 heterocycles. The summed E-state index contributed by atoms with van der Waals surface area (Å²) in [6.07, 6.45) is 7.98. The maximum atomic E-state index is 14.7. The zero-order chi connectivity index (χ0) is 23.4. The van der Waals surface area contributed by atoms with Gasteiger partial charge in [-0.15, -0.1) is 0 Å². The number of nitrogens with zero attached hydrogens (tertiary/aromatic N) is 3. The fourth-order valence-electron chi connectivity index (χ4n) is 4.39. The van der Waals surface area contributed by atoms with Gasteiger partial charge in [0.25, 0.3) is 0 Å². The van der Waals surface area contributed by atoms with E-state index in [4.69, 9.17) is 17.7 Å². The van der Waals surface area contributed by atoms with Crippen LogP contribution in [-0.4, -0.2) is 49.9 Å². The van der Waals surface area contributed by atoms with Crippen LogP contribution < -0.4 is 0 Å². The fraction of sp³-hybridized carbons (Fsp3) is 0.480. The molecule has 0 bridgehead atoms. The summed E-state index contributed by atoms with van der Waals surface area (Å²) in [4.78, 5) is 25.9. The second-order valence-corrected chi connectivity index (χ2v) is 9.57. The van der Waals surface area contributed by atoms with Crippen molar-refractivity contribution in [3.05, 3.63) is 59.2 Å². The number of thiol groups is 1. The Balaban J connectivity index is 1.49. The molecule has 2 fully saturated rings. The standard InChI is InChI=1S/C25H30FN3O3S/c26-21-6-2-1-5-20(21)24(25(32)17-8-9-17)28-13-11-22(33)18(16-28)15-19-10-14-29(27-19)12-4-3-7-23(30)31/h1-2,5-6,10,14-15,17,22,24,33H,3-4,7-9,11-13,16H2,(H,30,31)/b18-15-. The van der Waals surface area contributed by atoms with E-state index in [0.29, 0.717) is 31.6 Å². The Kier molecular flexibility index (Phi) is 7.65. The summed E-state index contributed by atoms with van der Waals surface area (Å²) in [5, 5.41) is 13.4. The van der Waals surface area contributed by atoms with Crippen LogP contribution in [0.1, 0.15) is 55.8 Å². The van der Waals surface area contributed by atoms with Crippen LogP contribution in [0.15, 0.2) is 42.1 Å². The van der Waals surface area contributed by atoms with E-state index in [2.05, 4.69) is 10.00 Å². The van der Waals surface area contributed by atoms with Crippen LogP contribution in [0.2, 0.25) is 0 Å². The number of Topliss-reactive ketones (excluding diaryl/α,β-unsaturated/α-hetero) is 1. The number of rotatable bonds is 10. The van der Waals surface area contributed by atoms with Gasteiger partial charge in [0.15, 0.2) is 5.78 Å². The molecule has 2 aliphatic rings. The van der Waals surface area contributed by atoms with Gasteiger partial charge in [0.1, 0.15) is 5.82 Å². The van der Waals surface area contributed by atoms with Crippen molar-refractivity contribution in [1.29, 1.82) is 0 Å². The molecule has 2 atom stereocenters. The van der Waals surface area contributed by atoms with Crippen molar-refractivity contribution in [3.63, 3.8) is 0 Å². The summed E-state index contributed by atoms with van der Waals surface area (Å²) < 4.78 is 16.5. The number of hydrogen-bond acceptors (Lipinski definition) is 5. The summed E-state index contributed by atoms with van der Waals surface area (Å²) in [6.45, 7) is 1.89. The number of halogens is 1. The average Bonchev–Trinajstić information content (AvgIpc) is 3.55. The molecule has 176 valence electrons. The molecule has 4 rings (SSSR count). The van der Waals surface area contributed by atoms with E-state index in [-0.39, 0.29) is 29.2 Å². The summed E-state index contributed by atoms with van der Waals surface area (Å²) in [6, 6.07) is 7.94. The lowest BCUT2D eigenvalue weighted by molar-refractivity contribution is -0.137. The van der Waals surface area contributed by atoms with Crippen LogP contribution in [0.4, 0.5) is 4.39 Å². The zero-order valence-electron chi connectivity index (χ0n) is 18.6. The number of hydrogen-bond donors (Lipinski definition) is 2. The van der Waals surface area contributed by atoms with Crippen LogP contribution in [0.5, 0.6) is 0 Å². The molecule has 2 aromatic rings. The van der Waals surface area contributed by atoms with Crippen molar-refractivity contribution >= 4 is 30.5 Å². The molecule has 0 spiro atoms.